The van der Waals surface area contributed by atoms with Gasteiger partial charge in [0.1, 0.15) is 5.78 Å². The lowest BCUT2D eigenvalue weighted by Crippen LogP contribution is -2.30. The summed E-state index contributed by atoms with van der Waals surface area (Å²) in [5.41, 5.74) is 9.24. The Morgan fingerprint density at radius 1 is 0.333 bits per heavy atom. The highest BCUT2D eigenvalue weighted by Gasteiger charge is 2.06. The van der Waals surface area contributed by atoms with Crippen LogP contribution in [0.25, 0.3) is 0 Å². The van der Waals surface area contributed by atoms with Gasteiger partial charge in [-0.1, -0.05) is 279 Å². The Kier molecular flexibility index (Phi) is 93.5. The number of ketones is 1. The lowest BCUT2D eigenvalue weighted by Gasteiger charge is -2.10. The summed E-state index contributed by atoms with van der Waals surface area (Å²) >= 11 is 0. The lowest BCUT2D eigenvalue weighted by atomic mass is 10.0. The van der Waals surface area contributed by atoms with Gasteiger partial charge in [-0.05, 0) is 222 Å². The highest BCUT2D eigenvalue weighted by molar-refractivity contribution is 5.86. The van der Waals surface area contributed by atoms with E-state index in [1.165, 1.54) is 275 Å². The Balaban J connectivity index is -0.000000748. The summed E-state index contributed by atoms with van der Waals surface area (Å²) in [4.78, 5) is 28.3. The number of nitrogens with two attached hydrogens (primary N) is 1. The fourth-order valence-corrected chi connectivity index (χ4v) is 10.5. The summed E-state index contributed by atoms with van der Waals surface area (Å²) < 4.78 is 0. The van der Waals surface area contributed by atoms with Crippen molar-refractivity contribution in [2.75, 3.05) is 54.4 Å². The van der Waals surface area contributed by atoms with Gasteiger partial charge in [0, 0.05) is 25.2 Å². The monoisotopic (exact) mass is 1300 g/mol. The fraction of sp³-hybridized carbons (Fsp3) is 0.776. The van der Waals surface area contributed by atoms with Crippen LogP contribution >= 0.6 is 0 Å². The molecule has 8 heteroatoms. The van der Waals surface area contributed by atoms with Crippen molar-refractivity contribution in [1.29, 1.82) is 0 Å². The summed E-state index contributed by atoms with van der Waals surface area (Å²) in [6.45, 7) is 13.3. The van der Waals surface area contributed by atoms with Crippen LogP contribution in [0.15, 0.2) is 102 Å². The number of likely N-dealkylation sites (N-methyl/N-ethyl adjacent to an activating group) is 1. The molecule has 0 aromatic carbocycles. The molecule has 0 aliphatic rings. The maximum absolute atomic E-state index is 12.1. The molecule has 0 fully saturated rings. The molecule has 0 spiro atoms. The molecule has 0 rings (SSSR count). The van der Waals surface area contributed by atoms with Crippen LogP contribution in [0.3, 0.4) is 0 Å². The van der Waals surface area contributed by atoms with Crippen molar-refractivity contribution in [3.8, 4) is 0 Å². The predicted molar refractivity (Wildman–Crippen MR) is 420 cm³/mol. The van der Waals surface area contributed by atoms with E-state index in [1.807, 2.05) is 19.0 Å². The van der Waals surface area contributed by atoms with E-state index in [0.717, 1.165) is 83.7 Å². The highest BCUT2D eigenvalue weighted by atomic mass is 16.2. The Labute approximate surface area is 581 Å². The van der Waals surface area contributed by atoms with Gasteiger partial charge in [-0.2, -0.15) is 5.10 Å². The first-order chi connectivity index (χ1) is 45.6. The summed E-state index contributed by atoms with van der Waals surface area (Å²) in [5, 5.41) is 12.1. The molecule has 1 amide bonds. The van der Waals surface area contributed by atoms with Crippen LogP contribution < -0.4 is 11.2 Å². The molecule has 0 aliphatic carbocycles. The number of aliphatic hydroxyl groups excluding tert-OH is 1. The molecule has 544 valence electrons. The minimum Gasteiger partial charge on any atom is -0.397 e. The van der Waals surface area contributed by atoms with Crippen molar-refractivity contribution >= 4 is 17.4 Å². The third-order valence-corrected chi connectivity index (χ3v) is 16.3. The molecule has 0 heterocycles. The zero-order valence-corrected chi connectivity index (χ0v) is 63.7. The predicted octanol–water partition coefficient (Wildman–Crippen LogP) is 25.3. The number of nitrogens with one attached hydrogen (secondary N) is 1. The number of hydrazone groups is 1. The third-order valence-electron chi connectivity index (χ3n) is 16.3. The van der Waals surface area contributed by atoms with Gasteiger partial charge >= 0.3 is 0 Å². The lowest BCUT2D eigenvalue weighted by molar-refractivity contribution is -0.121. The number of carbonyl (C=O) groups excluding carboxylic acids is 2. The first-order valence-corrected chi connectivity index (χ1v) is 39.8. The van der Waals surface area contributed by atoms with Crippen molar-refractivity contribution < 1.29 is 14.7 Å². The van der Waals surface area contributed by atoms with Gasteiger partial charge in [0.2, 0.25) is 0 Å². The van der Waals surface area contributed by atoms with Gasteiger partial charge in [-0.15, -0.1) is 0 Å². The Hall–Kier alpha value is -3.43. The Bertz CT molecular complexity index is 1620. The van der Waals surface area contributed by atoms with E-state index in [9.17, 15) is 9.59 Å². The average Bonchev–Trinajstić information content (AvgIpc) is 3.74. The van der Waals surface area contributed by atoms with Gasteiger partial charge < -0.3 is 20.6 Å². The smallest absolute Gasteiger partial charge is 0.254 e. The van der Waals surface area contributed by atoms with Gasteiger partial charge in [0.05, 0.1) is 6.54 Å². The van der Waals surface area contributed by atoms with E-state index < -0.39 is 0 Å². The minimum atomic E-state index is -0.0217. The molecule has 0 aromatic heterocycles. The molecule has 0 radical (unpaired) electrons. The van der Waals surface area contributed by atoms with E-state index in [-0.39, 0.29) is 12.5 Å². The average molecular weight is 1300 g/mol. The van der Waals surface area contributed by atoms with E-state index >= 15 is 0 Å². The second-order valence-electron chi connectivity index (χ2n) is 26.6. The van der Waals surface area contributed by atoms with Crippen LogP contribution in [0.5, 0.6) is 0 Å². The minimum absolute atomic E-state index is 0.0217. The summed E-state index contributed by atoms with van der Waals surface area (Å²) in [6, 6.07) is 0. The molecular weight excluding hydrogens is 1140 g/mol. The molecule has 0 saturated carbocycles. The summed E-state index contributed by atoms with van der Waals surface area (Å²) in [7, 11) is 7.93. The number of hydrogen-bond acceptors (Lipinski definition) is 7. The quantitative estimate of drug-likeness (QED) is 0.0242. The van der Waals surface area contributed by atoms with Gasteiger partial charge in [-0.3, -0.25) is 9.59 Å². The number of carbonyl (C=O) groups is 2. The van der Waals surface area contributed by atoms with E-state index in [2.05, 4.69) is 154 Å². The van der Waals surface area contributed by atoms with Crippen LogP contribution in [0.4, 0.5) is 0 Å². The molecule has 8 nitrogen and oxygen atoms in total. The number of unbranched alkanes of at least 4 members (excludes halogenated alkanes) is 36. The topological polar surface area (TPSA) is 111 Å². The molecule has 93 heavy (non-hydrogen) atoms. The van der Waals surface area contributed by atoms with Crippen molar-refractivity contribution in [2.45, 2.75) is 375 Å². The number of rotatable bonds is 66. The van der Waals surface area contributed by atoms with Crippen LogP contribution in [0.1, 0.15) is 375 Å². The van der Waals surface area contributed by atoms with Crippen LogP contribution in [-0.2, 0) is 9.59 Å². The number of amides is 1. The zero-order valence-electron chi connectivity index (χ0n) is 63.7. The molecule has 0 atom stereocenters. The molecule has 0 saturated heterocycles. The Morgan fingerprint density at radius 3 is 0.796 bits per heavy atom. The highest BCUT2D eigenvalue weighted by Crippen LogP contribution is 2.16. The van der Waals surface area contributed by atoms with Gasteiger partial charge in [0.25, 0.3) is 5.91 Å². The summed E-state index contributed by atoms with van der Waals surface area (Å²) in [5.74, 6) is 0.477. The van der Waals surface area contributed by atoms with Crippen LogP contribution in [0, 0.1) is 0 Å². The Morgan fingerprint density at radius 2 is 0.570 bits per heavy atom. The largest absolute Gasteiger partial charge is 0.397 e. The second-order valence-corrected chi connectivity index (χ2v) is 26.6. The molecule has 4 N–H and O–H groups in total. The first kappa shape index (κ1) is 96.0. The fourth-order valence-electron chi connectivity index (χ4n) is 10.5. The number of nitrogens with zero attached hydrogens (tertiary/aromatic N) is 3. The normalized spacial score (nSPS) is 11.8. The maximum atomic E-state index is 12.1. The van der Waals surface area contributed by atoms with E-state index in [4.69, 9.17) is 10.8 Å². The molecule has 0 bridgehead atoms. The summed E-state index contributed by atoms with van der Waals surface area (Å²) in [6.07, 6.45) is 103. The molecule has 0 aliphatic heterocycles. The maximum Gasteiger partial charge on any atom is 0.254 e. The molecule has 0 aromatic rings. The van der Waals surface area contributed by atoms with Crippen LogP contribution in [0.2, 0.25) is 0 Å². The SMILES string of the molecule is CCCCC/C=C\C/C=C\CCCCCCCCC(=O)CCCCCCCC/C=C\C/C=C\CCCCC.CCCCC/C=C\C/C=C\CCCCCCCCC(CCCCCCCC/C=C\C/C=C\CCCCC)=NNC(=O)CN(C)C.CCO.CN(C)CCCN. The van der Waals surface area contributed by atoms with Crippen molar-refractivity contribution in [2.24, 2.45) is 10.8 Å². The standard InChI is InChI=1S/C41H75N3O.C37H66O.C5H14N2.C2H6O/c1-5-7-9-11-13-15-17-19-21-23-25-27-29-31-33-35-37-40(42-43-41(45)39-44(3)4)38-36-34-32-30-28-26-24-22-20-18-16-14-12-10-8-6-2;1-3-5-7-9-11-13-15-17-19-21-23-25-27-29-31-33-35-37(38)36-34-32-30-28-26-24-22-20-18-16-14-12-10-8-6-4-2;1-7(2)5-3-4-6;1-2-3/h13-16,19-22H,5-12,17-18,23-39H2,1-4H3,(H,43,45);11-14,17-20H,3-10,15-16,21-36H2,1-2H3;3-6H2,1-2H3;3H,2H2,1H3/b15-13-,16-14-,21-19-,22-20-;13-11-,14-12-,19-17-,20-18-;;. The van der Waals surface area contributed by atoms with E-state index in [1.54, 1.807) is 6.92 Å². The van der Waals surface area contributed by atoms with Crippen molar-refractivity contribution in [3.05, 3.63) is 97.2 Å². The van der Waals surface area contributed by atoms with Gasteiger partial charge in [-0.25, -0.2) is 5.43 Å². The zero-order chi connectivity index (χ0) is 68.9. The van der Waals surface area contributed by atoms with E-state index in [0.29, 0.717) is 12.3 Å². The molecule has 0 unspecified atom stereocenters. The van der Waals surface area contributed by atoms with Gasteiger partial charge in [0.15, 0.2) is 0 Å². The number of aliphatic hydroxyl groups is 1. The molecular formula is C85H161N5O3. The van der Waals surface area contributed by atoms with Crippen LogP contribution in [-0.4, -0.2) is 86.7 Å². The third kappa shape index (κ3) is 99.8. The first-order valence-electron chi connectivity index (χ1n) is 39.8. The number of allylic oxidation sites excluding steroid dienone is 16. The second kappa shape index (κ2) is 90.6. The van der Waals surface area contributed by atoms with Crippen molar-refractivity contribution in [3.63, 3.8) is 0 Å². The number of Topliss-reactive ketones (excluding diaryl/α,β-unsaturated/α-hetero) is 1. The number of hydrogen-bond donors (Lipinski definition) is 3. The van der Waals surface area contributed by atoms with Crippen molar-refractivity contribution in [1.82, 2.24) is 15.2 Å².